The van der Waals surface area contributed by atoms with Gasteiger partial charge in [0.1, 0.15) is 0 Å². The van der Waals surface area contributed by atoms with Gasteiger partial charge in [0.2, 0.25) is 0 Å². The van der Waals surface area contributed by atoms with Crippen LogP contribution in [0.2, 0.25) is 0 Å². The van der Waals surface area contributed by atoms with Gasteiger partial charge >= 0.3 is 30.4 Å². The Morgan fingerprint density at radius 2 is 1.11 bits per heavy atom. The first-order valence-corrected chi connectivity index (χ1v) is 3.68. The molecular weight excluding hydrogens is 309 g/mol. The Labute approximate surface area is 97.5 Å². The second-order valence-corrected chi connectivity index (χ2v) is 2.39. The van der Waals surface area contributed by atoms with Gasteiger partial charge in [-0.15, -0.1) is 0 Å². The van der Waals surface area contributed by atoms with Crippen LogP contribution in [0.3, 0.4) is 0 Å². The van der Waals surface area contributed by atoms with Crippen molar-refractivity contribution in [2.45, 2.75) is 18.2 Å². The fourth-order valence-electron chi connectivity index (χ4n) is 0.344. The van der Waals surface area contributed by atoms with Gasteiger partial charge in [-0.1, -0.05) is 6.58 Å². The lowest BCUT2D eigenvalue weighted by atomic mass is 10.3. The summed E-state index contributed by atoms with van der Waals surface area (Å²) in [5.41, 5.74) is 0. The van der Waals surface area contributed by atoms with E-state index < -0.39 is 30.4 Å². The highest BCUT2D eigenvalue weighted by atomic mass is 19.4. The normalized spacial score (nSPS) is 12.2. The molecule has 0 rings (SSSR count). The van der Waals surface area contributed by atoms with E-state index in [1.807, 2.05) is 0 Å². The van der Waals surface area contributed by atoms with E-state index in [4.69, 9.17) is 0 Å². The number of hydrogen-bond donors (Lipinski definition) is 0. The Hall–Kier alpha value is -1.49. The topological polar surface area (TPSA) is 9.23 Å². The monoisotopic (exact) mass is 312 g/mol. The van der Waals surface area contributed by atoms with E-state index >= 15 is 0 Å². The molecule has 0 radical (unpaired) electrons. The summed E-state index contributed by atoms with van der Waals surface area (Å²) >= 11 is 0. The molecule has 0 aromatic heterocycles. The number of hydrogen-bond acceptors (Lipinski definition) is 1. The molecule has 0 saturated carbocycles. The molecule has 19 heavy (non-hydrogen) atoms. The SMILES string of the molecule is C=COC(F)(F)C(F)(F)C(F)(F)F.FC(F)=C(F)F. The zero-order valence-corrected chi connectivity index (χ0v) is 8.35. The molecule has 0 aliphatic heterocycles. The molecule has 114 valence electrons. The molecule has 0 atom stereocenters. The number of alkyl halides is 7. The van der Waals surface area contributed by atoms with Gasteiger partial charge in [-0.2, -0.15) is 48.3 Å². The van der Waals surface area contributed by atoms with Gasteiger partial charge in [0.15, 0.2) is 0 Å². The molecule has 0 N–H and O–H groups in total. The van der Waals surface area contributed by atoms with Crippen molar-refractivity contribution in [2.75, 3.05) is 0 Å². The molecule has 0 fully saturated rings. The van der Waals surface area contributed by atoms with Crippen LogP contribution >= 0.6 is 0 Å². The van der Waals surface area contributed by atoms with Crippen molar-refractivity contribution in [1.29, 1.82) is 0 Å². The lowest BCUT2D eigenvalue weighted by Gasteiger charge is -2.26. The molecule has 0 spiro atoms. The summed E-state index contributed by atoms with van der Waals surface area (Å²) in [5.74, 6) is -6.24. The van der Waals surface area contributed by atoms with Crippen LogP contribution in [0.5, 0.6) is 0 Å². The van der Waals surface area contributed by atoms with Crippen molar-refractivity contribution in [3.63, 3.8) is 0 Å². The predicted molar refractivity (Wildman–Crippen MR) is 38.7 cm³/mol. The summed E-state index contributed by atoms with van der Waals surface area (Å²) in [7, 11) is 0. The van der Waals surface area contributed by atoms with Gasteiger partial charge in [-0.05, 0) is 0 Å². The Kier molecular flexibility index (Phi) is 6.90. The smallest absolute Gasteiger partial charge is 0.436 e. The number of rotatable bonds is 3. The third-order valence-corrected chi connectivity index (χ3v) is 1.10. The first kappa shape index (κ1) is 19.8. The molecule has 0 aliphatic carbocycles. The molecule has 0 unspecified atom stereocenters. The summed E-state index contributed by atoms with van der Waals surface area (Å²) < 4.78 is 125. The molecule has 0 aliphatic rings. The van der Waals surface area contributed by atoms with Gasteiger partial charge in [-0.25, -0.2) is 0 Å². The molecule has 0 bridgehead atoms. The highest BCUT2D eigenvalue weighted by Gasteiger charge is 2.75. The largest absolute Gasteiger partial charge is 0.473 e. The summed E-state index contributed by atoms with van der Waals surface area (Å²) in [6.45, 7) is 2.44. The second-order valence-electron chi connectivity index (χ2n) is 2.39. The first-order valence-electron chi connectivity index (χ1n) is 3.68. The highest BCUT2D eigenvalue weighted by molar-refractivity contribution is 4.85. The van der Waals surface area contributed by atoms with Crippen LogP contribution < -0.4 is 0 Å². The van der Waals surface area contributed by atoms with E-state index in [0.29, 0.717) is 0 Å². The summed E-state index contributed by atoms with van der Waals surface area (Å²) in [6.07, 6.45) is -18.0. The molecule has 0 aromatic carbocycles. The van der Waals surface area contributed by atoms with Crippen molar-refractivity contribution in [3.8, 4) is 0 Å². The minimum atomic E-state index is -6.38. The lowest BCUT2D eigenvalue weighted by molar-refractivity contribution is -0.412. The van der Waals surface area contributed by atoms with E-state index in [0.717, 1.165) is 0 Å². The Bertz CT molecular complexity index is 310. The van der Waals surface area contributed by atoms with E-state index in [2.05, 4.69) is 11.3 Å². The third kappa shape index (κ3) is 5.79. The van der Waals surface area contributed by atoms with Crippen molar-refractivity contribution in [1.82, 2.24) is 0 Å². The predicted octanol–water partition coefficient (Wildman–Crippen LogP) is 4.93. The maximum atomic E-state index is 11.9. The fourth-order valence-corrected chi connectivity index (χ4v) is 0.344. The van der Waals surface area contributed by atoms with Gasteiger partial charge in [0, 0.05) is 0 Å². The van der Waals surface area contributed by atoms with Crippen molar-refractivity contribution in [3.05, 3.63) is 25.0 Å². The van der Waals surface area contributed by atoms with Crippen molar-refractivity contribution >= 4 is 0 Å². The highest BCUT2D eigenvalue weighted by Crippen LogP contribution is 2.46. The van der Waals surface area contributed by atoms with Crippen LogP contribution in [0.1, 0.15) is 0 Å². The van der Waals surface area contributed by atoms with Gasteiger partial charge < -0.3 is 4.74 Å². The third-order valence-electron chi connectivity index (χ3n) is 1.10. The van der Waals surface area contributed by atoms with Gasteiger partial charge in [0.25, 0.3) is 0 Å². The summed E-state index contributed by atoms with van der Waals surface area (Å²) in [5, 5.41) is 0. The van der Waals surface area contributed by atoms with Crippen LogP contribution in [0.4, 0.5) is 48.3 Å². The zero-order valence-electron chi connectivity index (χ0n) is 8.35. The lowest BCUT2D eigenvalue weighted by Crippen LogP contribution is -2.52. The van der Waals surface area contributed by atoms with Crippen molar-refractivity contribution in [2.24, 2.45) is 0 Å². The second kappa shape index (κ2) is 6.61. The Balaban J connectivity index is 0. The quantitative estimate of drug-likeness (QED) is 0.530. The molecule has 0 heterocycles. The molecule has 12 heteroatoms. The number of halogens is 11. The molecule has 0 saturated heterocycles. The first-order chi connectivity index (χ1) is 8.20. The standard InChI is InChI=1S/C5H3F7O.C2F4/c1-2-13-5(11,12)3(6,7)4(8,9)10;3-1(4)2(5)6/h2H,1H2;. The molecule has 0 amide bonds. The van der Waals surface area contributed by atoms with Crippen LogP contribution in [-0.4, -0.2) is 18.2 Å². The molecule has 0 aromatic rings. The van der Waals surface area contributed by atoms with E-state index in [1.165, 1.54) is 0 Å². The zero-order chi connectivity index (χ0) is 16.1. The summed E-state index contributed by atoms with van der Waals surface area (Å²) in [4.78, 5) is 0. The average Bonchev–Trinajstić information content (AvgIpc) is 2.16. The summed E-state index contributed by atoms with van der Waals surface area (Å²) in [6, 6.07) is 0. The molecule has 1 nitrogen and oxygen atoms in total. The van der Waals surface area contributed by atoms with E-state index in [-0.39, 0.29) is 6.26 Å². The fraction of sp³-hybridized carbons (Fsp3) is 0.429. The average molecular weight is 312 g/mol. The van der Waals surface area contributed by atoms with Gasteiger partial charge in [-0.3, -0.25) is 0 Å². The van der Waals surface area contributed by atoms with Crippen LogP contribution in [0, 0.1) is 0 Å². The van der Waals surface area contributed by atoms with Crippen LogP contribution in [0.25, 0.3) is 0 Å². The minimum absolute atomic E-state index is 0.195. The van der Waals surface area contributed by atoms with Gasteiger partial charge in [0.05, 0.1) is 6.26 Å². The molecular formula is C7H3F11O. The van der Waals surface area contributed by atoms with E-state index in [9.17, 15) is 48.3 Å². The van der Waals surface area contributed by atoms with Crippen molar-refractivity contribution < 1.29 is 53.0 Å². The minimum Gasteiger partial charge on any atom is -0.436 e. The number of ether oxygens (including phenoxy) is 1. The Morgan fingerprint density at radius 3 is 1.26 bits per heavy atom. The van der Waals surface area contributed by atoms with Crippen LogP contribution in [-0.2, 0) is 4.74 Å². The van der Waals surface area contributed by atoms with E-state index in [1.54, 1.807) is 0 Å². The van der Waals surface area contributed by atoms with Crippen LogP contribution in [0.15, 0.2) is 25.0 Å². The maximum Gasteiger partial charge on any atom is 0.473 e. The maximum absolute atomic E-state index is 11.9. The Morgan fingerprint density at radius 1 is 0.789 bits per heavy atom.